The van der Waals surface area contributed by atoms with E-state index in [1.54, 1.807) is 0 Å². The van der Waals surface area contributed by atoms with E-state index < -0.39 is 0 Å². The van der Waals surface area contributed by atoms with Crippen molar-refractivity contribution in [2.45, 2.75) is 163 Å². The summed E-state index contributed by atoms with van der Waals surface area (Å²) in [5.74, 6) is 0.665. The molecule has 35 heavy (non-hydrogen) atoms. The summed E-state index contributed by atoms with van der Waals surface area (Å²) in [6.45, 7) is 8.85. The molecular weight excluding hydrogens is 428 g/mol. The first kappa shape index (κ1) is 31.7. The Morgan fingerprint density at radius 1 is 0.600 bits per heavy atom. The van der Waals surface area contributed by atoms with Gasteiger partial charge in [-0.2, -0.15) is 0 Å². The van der Waals surface area contributed by atoms with Crippen LogP contribution in [0.2, 0.25) is 0 Å². The van der Waals surface area contributed by atoms with Gasteiger partial charge in [0.15, 0.2) is 0 Å². The Hall–Kier alpha value is -1.31. The van der Waals surface area contributed by atoms with Crippen LogP contribution in [0.4, 0.5) is 0 Å². The summed E-state index contributed by atoms with van der Waals surface area (Å²) in [6.07, 6.45) is 26.6. The number of hydrogen-bond acceptors (Lipinski definition) is 2. The van der Waals surface area contributed by atoms with Gasteiger partial charge in [-0.05, 0) is 43.9 Å². The number of esters is 1. The number of aryl methyl sites for hydroxylation is 1. The molecule has 202 valence electrons. The quantitative estimate of drug-likeness (QED) is 0.0873. The van der Waals surface area contributed by atoms with E-state index in [4.69, 9.17) is 4.74 Å². The van der Waals surface area contributed by atoms with Crippen LogP contribution in [0, 0.1) is 5.41 Å². The molecule has 0 amide bonds. The molecule has 0 aliphatic carbocycles. The molecule has 2 nitrogen and oxygen atoms in total. The molecule has 0 aliphatic rings. The molecular formula is C33H58O2. The number of carbonyl (C=O) groups excluding carboxylic acids is 1. The first-order valence-electron chi connectivity index (χ1n) is 15.4. The topological polar surface area (TPSA) is 26.3 Å². The van der Waals surface area contributed by atoms with Gasteiger partial charge in [0.1, 0.15) is 5.75 Å². The van der Waals surface area contributed by atoms with E-state index in [-0.39, 0.29) is 11.4 Å². The van der Waals surface area contributed by atoms with E-state index in [0.29, 0.717) is 5.75 Å². The summed E-state index contributed by atoms with van der Waals surface area (Å²) in [5, 5.41) is 0. The van der Waals surface area contributed by atoms with Crippen LogP contribution in [0.5, 0.6) is 5.75 Å². The summed E-state index contributed by atoms with van der Waals surface area (Å²) in [4.78, 5) is 13.3. The Morgan fingerprint density at radius 2 is 0.971 bits per heavy atom. The van der Waals surface area contributed by atoms with Crippen molar-refractivity contribution in [3.63, 3.8) is 0 Å². The van der Waals surface area contributed by atoms with Crippen molar-refractivity contribution in [3.8, 4) is 5.75 Å². The van der Waals surface area contributed by atoms with Crippen LogP contribution < -0.4 is 4.74 Å². The largest absolute Gasteiger partial charge is 0.426 e. The molecule has 0 aliphatic heterocycles. The number of carbonyl (C=O) groups is 1. The van der Waals surface area contributed by atoms with Gasteiger partial charge in [-0.1, -0.05) is 148 Å². The SMILES string of the molecule is CCCCCCCCCCCCC(C)(CCCCCCCCCC)C(=O)Oc1ccc(CC)cc1. The first-order chi connectivity index (χ1) is 17.1. The molecule has 0 heterocycles. The van der Waals surface area contributed by atoms with Gasteiger partial charge in [-0.25, -0.2) is 0 Å². The van der Waals surface area contributed by atoms with Gasteiger partial charge in [-0.3, -0.25) is 4.79 Å². The lowest BCUT2D eigenvalue weighted by Crippen LogP contribution is -2.32. The van der Waals surface area contributed by atoms with Crippen LogP contribution in [0.1, 0.15) is 162 Å². The Balaban J connectivity index is 2.45. The maximum Gasteiger partial charge on any atom is 0.317 e. The smallest absolute Gasteiger partial charge is 0.317 e. The highest BCUT2D eigenvalue weighted by Gasteiger charge is 2.34. The Labute approximate surface area is 219 Å². The number of unbranched alkanes of at least 4 members (excludes halogenated alkanes) is 16. The fraction of sp³-hybridized carbons (Fsp3) is 0.788. The predicted octanol–water partition coefficient (Wildman–Crippen LogP) is 11.0. The number of hydrogen-bond donors (Lipinski definition) is 0. The Bertz CT molecular complexity index is 620. The molecule has 0 N–H and O–H groups in total. The zero-order valence-corrected chi connectivity index (χ0v) is 24.0. The molecule has 2 heteroatoms. The molecule has 1 aromatic carbocycles. The van der Waals surface area contributed by atoms with Crippen LogP contribution in [-0.4, -0.2) is 5.97 Å². The summed E-state index contributed by atoms with van der Waals surface area (Å²) in [7, 11) is 0. The lowest BCUT2D eigenvalue weighted by atomic mass is 9.79. The summed E-state index contributed by atoms with van der Waals surface area (Å²) in [5.41, 5.74) is 0.906. The third-order valence-corrected chi connectivity index (χ3v) is 7.70. The van der Waals surface area contributed by atoms with Gasteiger partial charge in [0.25, 0.3) is 0 Å². The van der Waals surface area contributed by atoms with Crippen molar-refractivity contribution in [2.75, 3.05) is 0 Å². The molecule has 1 unspecified atom stereocenters. The number of ether oxygens (including phenoxy) is 1. The van der Waals surface area contributed by atoms with Crippen molar-refractivity contribution in [2.24, 2.45) is 5.41 Å². The first-order valence-corrected chi connectivity index (χ1v) is 15.4. The normalized spacial score (nSPS) is 13.0. The van der Waals surface area contributed by atoms with E-state index in [2.05, 4.69) is 39.8 Å². The van der Waals surface area contributed by atoms with E-state index >= 15 is 0 Å². The highest BCUT2D eigenvalue weighted by Crippen LogP contribution is 2.34. The molecule has 0 aromatic heterocycles. The monoisotopic (exact) mass is 486 g/mol. The second-order valence-electron chi connectivity index (χ2n) is 11.1. The third kappa shape index (κ3) is 15.4. The van der Waals surface area contributed by atoms with Gasteiger partial charge >= 0.3 is 5.97 Å². The maximum absolute atomic E-state index is 13.3. The number of rotatable bonds is 23. The molecule has 0 fully saturated rings. The Kier molecular flexibility index (Phi) is 18.9. The van der Waals surface area contributed by atoms with Crippen LogP contribution in [0.25, 0.3) is 0 Å². The highest BCUT2D eigenvalue weighted by atomic mass is 16.5. The third-order valence-electron chi connectivity index (χ3n) is 7.70. The van der Waals surface area contributed by atoms with Crippen molar-refractivity contribution in [1.82, 2.24) is 0 Å². The van der Waals surface area contributed by atoms with Gasteiger partial charge in [0, 0.05) is 0 Å². The molecule has 0 saturated heterocycles. The minimum absolute atomic E-state index is 0.0272. The second-order valence-corrected chi connectivity index (χ2v) is 11.1. The fourth-order valence-electron chi connectivity index (χ4n) is 5.00. The van der Waals surface area contributed by atoms with Crippen molar-refractivity contribution >= 4 is 5.97 Å². The average Bonchev–Trinajstić information content (AvgIpc) is 2.87. The lowest BCUT2D eigenvalue weighted by Gasteiger charge is -2.27. The van der Waals surface area contributed by atoms with Gasteiger partial charge in [0.2, 0.25) is 0 Å². The summed E-state index contributed by atoms with van der Waals surface area (Å²) < 4.78 is 5.90. The van der Waals surface area contributed by atoms with Crippen LogP contribution in [-0.2, 0) is 11.2 Å². The zero-order valence-electron chi connectivity index (χ0n) is 24.0. The minimum atomic E-state index is -0.369. The highest BCUT2D eigenvalue weighted by molar-refractivity contribution is 5.78. The minimum Gasteiger partial charge on any atom is -0.426 e. The molecule has 0 spiro atoms. The maximum atomic E-state index is 13.3. The van der Waals surface area contributed by atoms with Crippen molar-refractivity contribution < 1.29 is 9.53 Å². The molecule has 1 rings (SSSR count). The zero-order chi connectivity index (χ0) is 25.6. The number of benzene rings is 1. The van der Waals surface area contributed by atoms with Crippen LogP contribution in [0.15, 0.2) is 24.3 Å². The van der Waals surface area contributed by atoms with E-state index in [1.165, 1.54) is 108 Å². The molecule has 1 aromatic rings. The summed E-state index contributed by atoms with van der Waals surface area (Å²) in [6, 6.07) is 8.05. The Morgan fingerprint density at radius 3 is 1.34 bits per heavy atom. The van der Waals surface area contributed by atoms with Gasteiger partial charge in [0.05, 0.1) is 5.41 Å². The van der Waals surface area contributed by atoms with Crippen LogP contribution >= 0.6 is 0 Å². The van der Waals surface area contributed by atoms with Gasteiger partial charge in [-0.15, -0.1) is 0 Å². The van der Waals surface area contributed by atoms with Crippen molar-refractivity contribution in [3.05, 3.63) is 29.8 Å². The van der Waals surface area contributed by atoms with Crippen molar-refractivity contribution in [1.29, 1.82) is 0 Å². The van der Waals surface area contributed by atoms with E-state index in [1.807, 2.05) is 12.1 Å². The molecule has 0 saturated carbocycles. The summed E-state index contributed by atoms with van der Waals surface area (Å²) >= 11 is 0. The van der Waals surface area contributed by atoms with Gasteiger partial charge < -0.3 is 4.74 Å². The predicted molar refractivity (Wildman–Crippen MR) is 153 cm³/mol. The molecule has 0 radical (unpaired) electrons. The van der Waals surface area contributed by atoms with E-state index in [0.717, 1.165) is 32.1 Å². The standard InChI is InChI=1S/C33H58O2/c1-5-8-10-12-14-16-17-19-21-23-29-33(4,28-22-20-18-15-13-11-9-6-2)32(34)35-31-26-24-30(7-3)25-27-31/h24-27H,5-23,28-29H2,1-4H3. The molecule has 1 atom stereocenters. The molecule has 0 bridgehead atoms. The lowest BCUT2D eigenvalue weighted by molar-refractivity contribution is -0.146. The van der Waals surface area contributed by atoms with Crippen LogP contribution in [0.3, 0.4) is 0 Å². The average molecular weight is 487 g/mol. The van der Waals surface area contributed by atoms with E-state index in [9.17, 15) is 4.79 Å². The fourth-order valence-corrected chi connectivity index (χ4v) is 5.00. The second kappa shape index (κ2) is 20.8.